The van der Waals surface area contributed by atoms with Crippen LogP contribution in [0.2, 0.25) is 0 Å². The SMILES string of the molecule is Cc1ccc(S(=O)(=O)N2CCCC(C(=O)N(C)CCCC(=O)OC(C)(C)C)C2)s1. The lowest BCUT2D eigenvalue weighted by molar-refractivity contribution is -0.155. The summed E-state index contributed by atoms with van der Waals surface area (Å²) in [7, 11) is -1.86. The molecule has 29 heavy (non-hydrogen) atoms. The topological polar surface area (TPSA) is 84.0 Å². The number of hydrogen-bond acceptors (Lipinski definition) is 6. The number of piperidine rings is 1. The van der Waals surface area contributed by atoms with Gasteiger partial charge in [0.1, 0.15) is 9.81 Å². The zero-order valence-corrected chi connectivity index (χ0v) is 19.6. The number of carbonyl (C=O) groups excluding carboxylic acids is 2. The number of aryl methyl sites for hydroxylation is 1. The van der Waals surface area contributed by atoms with E-state index in [0.29, 0.717) is 36.6 Å². The fourth-order valence-corrected chi connectivity index (χ4v) is 6.28. The molecule has 2 rings (SSSR count). The van der Waals surface area contributed by atoms with E-state index in [2.05, 4.69) is 0 Å². The molecule has 1 atom stereocenters. The van der Waals surface area contributed by atoms with Crippen LogP contribution in [0.4, 0.5) is 0 Å². The molecule has 7 nitrogen and oxygen atoms in total. The summed E-state index contributed by atoms with van der Waals surface area (Å²) in [6.45, 7) is 8.41. The number of amides is 1. The third-order valence-corrected chi connectivity index (χ3v) is 8.05. The minimum atomic E-state index is -3.56. The van der Waals surface area contributed by atoms with E-state index in [-0.39, 0.29) is 30.8 Å². The van der Waals surface area contributed by atoms with Crippen molar-refractivity contribution >= 4 is 33.2 Å². The summed E-state index contributed by atoms with van der Waals surface area (Å²) in [5.41, 5.74) is -0.517. The van der Waals surface area contributed by atoms with Crippen molar-refractivity contribution in [3.05, 3.63) is 17.0 Å². The van der Waals surface area contributed by atoms with Crippen molar-refractivity contribution in [3.63, 3.8) is 0 Å². The lowest BCUT2D eigenvalue weighted by Crippen LogP contribution is -2.45. The Morgan fingerprint density at radius 2 is 2.00 bits per heavy atom. The van der Waals surface area contributed by atoms with Gasteiger partial charge >= 0.3 is 5.97 Å². The van der Waals surface area contributed by atoms with Gasteiger partial charge in [0.2, 0.25) is 5.91 Å². The standard InChI is InChI=1S/C20H32N2O5S2/c1-15-10-11-18(28-15)29(25,26)22-13-6-8-16(14-22)19(24)21(5)12-7-9-17(23)27-20(2,3)4/h10-11,16H,6-9,12-14H2,1-5H3. The number of sulfonamides is 1. The van der Waals surface area contributed by atoms with Crippen LogP contribution in [-0.4, -0.2) is 61.8 Å². The quantitative estimate of drug-likeness (QED) is 0.604. The summed E-state index contributed by atoms with van der Waals surface area (Å²) < 4.78 is 32.8. The molecule has 1 fully saturated rings. The van der Waals surface area contributed by atoms with Crippen LogP contribution in [0, 0.1) is 12.8 Å². The van der Waals surface area contributed by atoms with Crippen LogP contribution >= 0.6 is 11.3 Å². The molecule has 1 aliphatic heterocycles. The van der Waals surface area contributed by atoms with Gasteiger partial charge in [-0.3, -0.25) is 9.59 Å². The highest BCUT2D eigenvalue weighted by atomic mass is 32.2. The minimum Gasteiger partial charge on any atom is -0.460 e. The summed E-state index contributed by atoms with van der Waals surface area (Å²) in [6.07, 6.45) is 2.09. The molecule has 1 aromatic heterocycles. The van der Waals surface area contributed by atoms with Crippen molar-refractivity contribution in [3.8, 4) is 0 Å². The lowest BCUT2D eigenvalue weighted by Gasteiger charge is -2.33. The first-order valence-electron chi connectivity index (χ1n) is 9.93. The zero-order valence-electron chi connectivity index (χ0n) is 17.9. The maximum atomic E-state index is 12.9. The molecule has 0 aliphatic carbocycles. The van der Waals surface area contributed by atoms with Gasteiger partial charge in [-0.1, -0.05) is 0 Å². The van der Waals surface area contributed by atoms with Crippen LogP contribution in [0.15, 0.2) is 16.3 Å². The van der Waals surface area contributed by atoms with E-state index in [1.165, 1.54) is 15.6 Å². The normalized spacial score (nSPS) is 18.4. The summed E-state index contributed by atoms with van der Waals surface area (Å²) in [5, 5.41) is 0. The second-order valence-corrected chi connectivity index (χ2v) is 12.0. The molecule has 0 N–H and O–H groups in total. The second-order valence-electron chi connectivity index (χ2n) is 8.52. The fraction of sp³-hybridized carbons (Fsp3) is 0.700. The maximum absolute atomic E-state index is 12.9. The van der Waals surface area contributed by atoms with E-state index in [4.69, 9.17) is 4.74 Å². The molecule has 1 amide bonds. The molecular formula is C20H32N2O5S2. The molecule has 9 heteroatoms. The van der Waals surface area contributed by atoms with Crippen molar-refractivity contribution < 1.29 is 22.7 Å². The number of carbonyl (C=O) groups is 2. The van der Waals surface area contributed by atoms with Crippen molar-refractivity contribution in [1.82, 2.24) is 9.21 Å². The average molecular weight is 445 g/mol. The Labute approximate surface area is 178 Å². The zero-order chi connectivity index (χ0) is 21.8. The van der Waals surface area contributed by atoms with Gasteiger partial charge < -0.3 is 9.64 Å². The van der Waals surface area contributed by atoms with Crippen LogP contribution in [0.1, 0.15) is 51.3 Å². The number of thiophene rings is 1. The minimum absolute atomic E-state index is 0.0727. The lowest BCUT2D eigenvalue weighted by atomic mass is 9.98. The number of esters is 1. The molecule has 0 aromatic carbocycles. The van der Waals surface area contributed by atoms with Crippen LogP contribution in [-0.2, 0) is 24.3 Å². The monoisotopic (exact) mass is 444 g/mol. The molecule has 1 unspecified atom stereocenters. The molecular weight excluding hydrogens is 412 g/mol. The Balaban J connectivity index is 1.89. The summed E-state index contributed by atoms with van der Waals surface area (Å²) >= 11 is 1.25. The summed E-state index contributed by atoms with van der Waals surface area (Å²) in [6, 6.07) is 3.42. The molecule has 0 spiro atoms. The van der Waals surface area contributed by atoms with Gasteiger partial charge in [0, 0.05) is 38.0 Å². The van der Waals surface area contributed by atoms with E-state index in [9.17, 15) is 18.0 Å². The first-order valence-corrected chi connectivity index (χ1v) is 12.2. The van der Waals surface area contributed by atoms with Crippen LogP contribution in [0.5, 0.6) is 0 Å². The molecule has 164 valence electrons. The highest BCUT2D eigenvalue weighted by molar-refractivity contribution is 7.91. The van der Waals surface area contributed by atoms with E-state index >= 15 is 0 Å². The molecule has 1 aliphatic rings. The van der Waals surface area contributed by atoms with E-state index in [0.717, 1.165) is 4.88 Å². The Hall–Kier alpha value is -1.45. The van der Waals surface area contributed by atoms with E-state index < -0.39 is 15.6 Å². The van der Waals surface area contributed by atoms with Crippen LogP contribution < -0.4 is 0 Å². The second kappa shape index (κ2) is 9.57. The summed E-state index contributed by atoms with van der Waals surface area (Å²) in [4.78, 5) is 27.2. The van der Waals surface area contributed by atoms with Crippen molar-refractivity contribution in [2.24, 2.45) is 5.92 Å². The van der Waals surface area contributed by atoms with Crippen molar-refractivity contribution in [1.29, 1.82) is 0 Å². The Kier molecular flexibility index (Phi) is 7.86. The number of ether oxygens (including phenoxy) is 1. The van der Waals surface area contributed by atoms with Gasteiger partial charge in [-0.05, 0) is 59.1 Å². The Morgan fingerprint density at radius 3 is 2.59 bits per heavy atom. The number of nitrogens with zero attached hydrogens (tertiary/aromatic N) is 2. The smallest absolute Gasteiger partial charge is 0.306 e. The van der Waals surface area contributed by atoms with Gasteiger partial charge in [0.25, 0.3) is 10.0 Å². The average Bonchev–Trinajstić information content (AvgIpc) is 3.06. The van der Waals surface area contributed by atoms with Gasteiger partial charge in [-0.2, -0.15) is 4.31 Å². The molecule has 1 saturated heterocycles. The third-order valence-electron chi connectivity index (χ3n) is 4.71. The van der Waals surface area contributed by atoms with Gasteiger partial charge in [-0.25, -0.2) is 8.42 Å². The summed E-state index contributed by atoms with van der Waals surface area (Å²) in [5.74, 6) is -0.706. The first-order chi connectivity index (χ1) is 13.4. The van der Waals surface area contributed by atoms with Crippen LogP contribution in [0.3, 0.4) is 0 Å². The van der Waals surface area contributed by atoms with Crippen molar-refractivity contribution in [2.45, 2.75) is 63.2 Å². The van der Waals surface area contributed by atoms with Gasteiger partial charge in [-0.15, -0.1) is 11.3 Å². The Morgan fingerprint density at radius 1 is 1.31 bits per heavy atom. The van der Waals surface area contributed by atoms with Crippen LogP contribution in [0.25, 0.3) is 0 Å². The van der Waals surface area contributed by atoms with E-state index in [1.54, 1.807) is 24.1 Å². The number of rotatable bonds is 7. The molecule has 2 heterocycles. The predicted molar refractivity (Wildman–Crippen MR) is 113 cm³/mol. The molecule has 0 saturated carbocycles. The highest BCUT2D eigenvalue weighted by Gasteiger charge is 2.35. The van der Waals surface area contributed by atoms with Crippen molar-refractivity contribution in [2.75, 3.05) is 26.7 Å². The number of hydrogen-bond donors (Lipinski definition) is 0. The first kappa shape index (κ1) is 23.8. The van der Waals surface area contributed by atoms with Gasteiger partial charge in [0.15, 0.2) is 0 Å². The molecule has 0 bridgehead atoms. The third kappa shape index (κ3) is 6.79. The molecule has 1 aromatic rings. The highest BCUT2D eigenvalue weighted by Crippen LogP contribution is 2.28. The van der Waals surface area contributed by atoms with E-state index in [1.807, 2.05) is 27.7 Å². The largest absolute Gasteiger partial charge is 0.460 e. The fourth-order valence-electron chi connectivity index (χ4n) is 3.32. The molecule has 0 radical (unpaired) electrons. The Bertz CT molecular complexity index is 826. The maximum Gasteiger partial charge on any atom is 0.306 e. The van der Waals surface area contributed by atoms with Gasteiger partial charge in [0.05, 0.1) is 5.92 Å². The predicted octanol–water partition coefficient (Wildman–Crippen LogP) is 3.04.